The van der Waals surface area contributed by atoms with Crippen LogP contribution in [0.3, 0.4) is 0 Å². The van der Waals surface area contributed by atoms with Gasteiger partial charge in [-0.05, 0) is 67.6 Å². The van der Waals surface area contributed by atoms with Crippen molar-refractivity contribution in [1.29, 1.82) is 0 Å². The molecule has 2 aliphatic heterocycles. The van der Waals surface area contributed by atoms with E-state index < -0.39 is 17.3 Å². The van der Waals surface area contributed by atoms with Gasteiger partial charge in [0.05, 0.1) is 16.7 Å². The van der Waals surface area contributed by atoms with Crippen LogP contribution in [0.5, 0.6) is 0 Å². The van der Waals surface area contributed by atoms with Crippen molar-refractivity contribution in [3.63, 3.8) is 0 Å². The van der Waals surface area contributed by atoms with Gasteiger partial charge < -0.3 is 14.9 Å². The fourth-order valence-electron chi connectivity index (χ4n) is 5.61. The lowest BCUT2D eigenvalue weighted by atomic mass is 9.84. The molecule has 1 unspecified atom stereocenters. The van der Waals surface area contributed by atoms with Crippen LogP contribution in [-0.4, -0.2) is 34.2 Å². The molecule has 8 heteroatoms. The second-order valence-corrected chi connectivity index (χ2v) is 10.0. The SMILES string of the molecule is CC1Cc2ccccc2N1c1nc(N2CCC(O)(c3cccc(C(F)(F)F)c3)CC2)nc2ccccc12. The highest BCUT2D eigenvalue weighted by atomic mass is 19.4. The number of rotatable bonds is 3. The molecule has 0 amide bonds. The highest BCUT2D eigenvalue weighted by molar-refractivity contribution is 5.93. The second kappa shape index (κ2) is 8.73. The van der Waals surface area contributed by atoms with E-state index >= 15 is 0 Å². The zero-order valence-corrected chi connectivity index (χ0v) is 20.4. The second-order valence-electron chi connectivity index (χ2n) is 10.0. The molecule has 0 radical (unpaired) electrons. The predicted octanol–water partition coefficient (Wildman–Crippen LogP) is 6.22. The summed E-state index contributed by atoms with van der Waals surface area (Å²) in [5.74, 6) is 1.41. The molecule has 1 N–H and O–H groups in total. The number of alkyl halides is 3. The van der Waals surface area contributed by atoms with Crippen LogP contribution in [0.15, 0.2) is 72.8 Å². The average Bonchev–Trinajstić information content (AvgIpc) is 3.23. The first-order valence-electron chi connectivity index (χ1n) is 12.5. The average molecular weight is 505 g/mol. The number of para-hydroxylation sites is 2. The van der Waals surface area contributed by atoms with Gasteiger partial charge in [-0.2, -0.15) is 18.2 Å². The Labute approximate surface area is 213 Å². The Bertz CT molecular complexity index is 1460. The molecule has 4 aromatic rings. The predicted molar refractivity (Wildman–Crippen MR) is 138 cm³/mol. The zero-order chi connectivity index (χ0) is 25.8. The van der Waals surface area contributed by atoms with Gasteiger partial charge in [0.15, 0.2) is 0 Å². The van der Waals surface area contributed by atoms with Gasteiger partial charge in [-0.1, -0.05) is 42.5 Å². The summed E-state index contributed by atoms with van der Waals surface area (Å²) in [4.78, 5) is 14.2. The van der Waals surface area contributed by atoms with E-state index in [1.165, 1.54) is 11.6 Å². The highest BCUT2D eigenvalue weighted by Gasteiger charge is 2.38. The Morgan fingerprint density at radius 1 is 0.919 bits per heavy atom. The maximum Gasteiger partial charge on any atom is 0.416 e. The van der Waals surface area contributed by atoms with Crippen molar-refractivity contribution in [3.8, 4) is 0 Å². The van der Waals surface area contributed by atoms with Crippen LogP contribution in [0.2, 0.25) is 0 Å². The Morgan fingerprint density at radius 3 is 2.43 bits per heavy atom. The summed E-state index contributed by atoms with van der Waals surface area (Å²) in [7, 11) is 0. The van der Waals surface area contributed by atoms with Gasteiger partial charge in [-0.15, -0.1) is 0 Å². The molecule has 1 fully saturated rings. The third-order valence-electron chi connectivity index (χ3n) is 7.61. The monoisotopic (exact) mass is 504 g/mol. The zero-order valence-electron chi connectivity index (χ0n) is 20.4. The highest BCUT2D eigenvalue weighted by Crippen LogP contribution is 2.42. The van der Waals surface area contributed by atoms with E-state index in [-0.39, 0.29) is 18.9 Å². The maximum absolute atomic E-state index is 13.2. The third-order valence-corrected chi connectivity index (χ3v) is 7.61. The molecule has 0 bridgehead atoms. The van der Waals surface area contributed by atoms with Gasteiger partial charge in [0.1, 0.15) is 5.82 Å². The van der Waals surface area contributed by atoms with Crippen LogP contribution in [0.25, 0.3) is 10.9 Å². The molecule has 0 aliphatic carbocycles. The summed E-state index contributed by atoms with van der Waals surface area (Å²) >= 11 is 0. The molecular formula is C29H27F3N4O. The number of nitrogens with zero attached hydrogens (tertiary/aromatic N) is 4. The molecule has 5 nitrogen and oxygen atoms in total. The van der Waals surface area contributed by atoms with E-state index in [2.05, 4.69) is 30.0 Å². The van der Waals surface area contributed by atoms with E-state index in [1.807, 2.05) is 35.2 Å². The van der Waals surface area contributed by atoms with Gasteiger partial charge in [0.2, 0.25) is 5.95 Å². The number of hydrogen-bond acceptors (Lipinski definition) is 5. The first-order valence-corrected chi connectivity index (χ1v) is 12.5. The third kappa shape index (κ3) is 4.19. The first-order chi connectivity index (χ1) is 17.7. The van der Waals surface area contributed by atoms with Crippen molar-refractivity contribution < 1.29 is 18.3 Å². The van der Waals surface area contributed by atoms with Crippen molar-refractivity contribution in [2.75, 3.05) is 22.9 Å². The van der Waals surface area contributed by atoms with Crippen LogP contribution in [0, 0.1) is 0 Å². The summed E-state index contributed by atoms with van der Waals surface area (Å²) in [5, 5.41) is 12.3. The van der Waals surface area contributed by atoms with Gasteiger partial charge >= 0.3 is 6.18 Å². The smallest absolute Gasteiger partial charge is 0.385 e. The number of aliphatic hydroxyl groups is 1. The Balaban J connectivity index is 1.33. The fourth-order valence-corrected chi connectivity index (χ4v) is 5.61. The van der Waals surface area contributed by atoms with Crippen LogP contribution < -0.4 is 9.80 Å². The Morgan fingerprint density at radius 2 is 1.65 bits per heavy atom. The topological polar surface area (TPSA) is 52.5 Å². The van der Waals surface area contributed by atoms with E-state index in [4.69, 9.17) is 9.97 Å². The van der Waals surface area contributed by atoms with Gasteiger partial charge in [0.25, 0.3) is 0 Å². The standard InChI is InChI=1S/C29H27F3N4O/c1-19-17-20-7-2-5-12-25(20)36(19)26-23-10-3-4-11-24(23)33-27(34-26)35-15-13-28(37,14-16-35)21-8-6-9-22(18-21)29(30,31)32/h2-12,18-19,37H,13-17H2,1H3. The number of anilines is 3. The fraction of sp³-hybridized carbons (Fsp3) is 0.310. The number of piperidine rings is 1. The van der Waals surface area contributed by atoms with Crippen LogP contribution in [0.4, 0.5) is 30.6 Å². The molecule has 37 heavy (non-hydrogen) atoms. The van der Waals surface area contributed by atoms with E-state index in [0.29, 0.717) is 24.6 Å². The van der Waals surface area contributed by atoms with Gasteiger partial charge in [-0.3, -0.25) is 0 Å². The van der Waals surface area contributed by atoms with Crippen LogP contribution in [-0.2, 0) is 18.2 Å². The lowest BCUT2D eigenvalue weighted by molar-refractivity contribution is -0.137. The van der Waals surface area contributed by atoms with Gasteiger partial charge in [0, 0.05) is 30.2 Å². The molecule has 3 aromatic carbocycles. The molecule has 1 saturated heterocycles. The van der Waals surface area contributed by atoms with E-state index in [0.717, 1.165) is 41.0 Å². The normalized spacial score (nSPS) is 19.3. The summed E-state index contributed by atoms with van der Waals surface area (Å²) in [5.41, 5.74) is 1.47. The number of aromatic nitrogens is 2. The van der Waals surface area contributed by atoms with E-state index in [9.17, 15) is 18.3 Å². The lowest BCUT2D eigenvalue weighted by Gasteiger charge is -2.39. The molecule has 190 valence electrons. The largest absolute Gasteiger partial charge is 0.416 e. The van der Waals surface area contributed by atoms with Gasteiger partial charge in [-0.25, -0.2) is 4.98 Å². The van der Waals surface area contributed by atoms with Crippen molar-refractivity contribution >= 4 is 28.4 Å². The van der Waals surface area contributed by atoms with Crippen molar-refractivity contribution in [2.24, 2.45) is 0 Å². The minimum absolute atomic E-state index is 0.232. The molecule has 2 aliphatic rings. The van der Waals surface area contributed by atoms with Crippen molar-refractivity contribution in [1.82, 2.24) is 9.97 Å². The molecule has 1 aromatic heterocycles. The number of fused-ring (bicyclic) bond motifs is 2. The van der Waals surface area contributed by atoms with Crippen LogP contribution in [0.1, 0.15) is 36.5 Å². The summed E-state index contributed by atoms with van der Waals surface area (Å²) in [6.07, 6.45) is -2.96. The molecule has 6 rings (SSSR count). The Kier molecular flexibility index (Phi) is 5.60. The molecule has 0 saturated carbocycles. The quantitative estimate of drug-likeness (QED) is 0.359. The van der Waals surface area contributed by atoms with E-state index in [1.54, 1.807) is 6.07 Å². The van der Waals surface area contributed by atoms with Crippen molar-refractivity contribution in [3.05, 3.63) is 89.5 Å². The molecule has 0 spiro atoms. The maximum atomic E-state index is 13.2. The molecule has 3 heterocycles. The van der Waals surface area contributed by atoms with Crippen molar-refractivity contribution in [2.45, 2.75) is 44.0 Å². The number of hydrogen-bond donors (Lipinski definition) is 1. The first kappa shape index (κ1) is 23.7. The summed E-state index contributed by atoms with van der Waals surface area (Å²) < 4.78 is 39.7. The summed E-state index contributed by atoms with van der Waals surface area (Å²) in [6.45, 7) is 3.04. The number of halogens is 3. The minimum atomic E-state index is -4.45. The Hall–Kier alpha value is -3.65. The lowest BCUT2D eigenvalue weighted by Crippen LogP contribution is -2.43. The minimum Gasteiger partial charge on any atom is -0.385 e. The molecule has 1 atom stereocenters. The number of benzene rings is 3. The molecular weight excluding hydrogens is 477 g/mol. The summed E-state index contributed by atoms with van der Waals surface area (Å²) in [6, 6.07) is 21.5. The van der Waals surface area contributed by atoms with Crippen LogP contribution >= 0.6 is 0 Å².